The van der Waals surface area contributed by atoms with Gasteiger partial charge in [-0.2, -0.15) is 11.3 Å². The van der Waals surface area contributed by atoms with Crippen molar-refractivity contribution in [1.29, 1.82) is 0 Å². The van der Waals surface area contributed by atoms with Crippen molar-refractivity contribution in [3.05, 3.63) is 22.4 Å². The van der Waals surface area contributed by atoms with Crippen LogP contribution in [0.5, 0.6) is 0 Å². The fourth-order valence-electron chi connectivity index (χ4n) is 3.01. The summed E-state index contributed by atoms with van der Waals surface area (Å²) in [6, 6.07) is 4.55. The molecule has 3 rings (SSSR count). The van der Waals surface area contributed by atoms with E-state index < -0.39 is 0 Å². The molecule has 3 heteroatoms. The van der Waals surface area contributed by atoms with Crippen molar-refractivity contribution in [2.24, 2.45) is 0 Å². The number of hydrogen-bond donors (Lipinski definition) is 1. The van der Waals surface area contributed by atoms with E-state index in [0.29, 0.717) is 6.04 Å². The Morgan fingerprint density at radius 2 is 2.28 bits per heavy atom. The molecule has 0 radical (unpaired) electrons. The Morgan fingerprint density at radius 3 is 3.00 bits per heavy atom. The van der Waals surface area contributed by atoms with Crippen molar-refractivity contribution >= 4 is 11.3 Å². The van der Waals surface area contributed by atoms with Crippen LogP contribution in [0.4, 0.5) is 0 Å². The van der Waals surface area contributed by atoms with E-state index in [1.54, 1.807) is 0 Å². The number of piperidine rings is 1. The number of nitrogens with one attached hydrogen (secondary N) is 1. The van der Waals surface area contributed by atoms with Crippen LogP contribution < -0.4 is 5.32 Å². The van der Waals surface area contributed by atoms with Gasteiger partial charge in [-0.1, -0.05) is 0 Å². The van der Waals surface area contributed by atoms with Gasteiger partial charge in [0.2, 0.25) is 0 Å². The van der Waals surface area contributed by atoms with Crippen molar-refractivity contribution in [3.8, 4) is 0 Å². The Bertz CT molecular complexity index is 359. The largest absolute Gasteiger partial charge is 0.310 e. The van der Waals surface area contributed by atoms with Crippen molar-refractivity contribution in [2.45, 2.75) is 57.2 Å². The molecule has 1 aromatic heterocycles. The first-order chi connectivity index (χ1) is 8.81. The molecule has 2 fully saturated rings. The van der Waals surface area contributed by atoms with Gasteiger partial charge >= 0.3 is 0 Å². The Morgan fingerprint density at radius 1 is 1.39 bits per heavy atom. The molecule has 2 atom stereocenters. The molecule has 2 nitrogen and oxygen atoms in total. The zero-order chi connectivity index (χ0) is 12.4. The Hall–Kier alpha value is -0.380. The molecule has 1 aromatic rings. The summed E-state index contributed by atoms with van der Waals surface area (Å²) >= 11 is 1.81. The predicted molar refractivity (Wildman–Crippen MR) is 78.2 cm³/mol. The molecule has 0 amide bonds. The molecule has 2 heterocycles. The molecule has 1 aliphatic carbocycles. The summed E-state index contributed by atoms with van der Waals surface area (Å²) in [5.41, 5.74) is 1.50. The quantitative estimate of drug-likeness (QED) is 0.880. The predicted octanol–water partition coefficient (Wildman–Crippen LogP) is 2.90. The molecule has 1 saturated carbocycles. The topological polar surface area (TPSA) is 15.3 Å². The van der Waals surface area contributed by atoms with Crippen LogP contribution in [0.1, 0.15) is 38.2 Å². The zero-order valence-corrected chi connectivity index (χ0v) is 12.1. The molecule has 0 bridgehead atoms. The van der Waals surface area contributed by atoms with Crippen molar-refractivity contribution in [3.63, 3.8) is 0 Å². The molecule has 1 aliphatic heterocycles. The van der Waals surface area contributed by atoms with Gasteiger partial charge in [0.05, 0.1) is 0 Å². The van der Waals surface area contributed by atoms with Crippen LogP contribution in [-0.2, 0) is 6.42 Å². The minimum absolute atomic E-state index is 0.684. The average Bonchev–Trinajstić information content (AvgIpc) is 3.04. The van der Waals surface area contributed by atoms with E-state index in [4.69, 9.17) is 0 Å². The number of rotatable bonds is 5. The van der Waals surface area contributed by atoms with Crippen LogP contribution in [0.2, 0.25) is 0 Å². The number of hydrogen-bond acceptors (Lipinski definition) is 3. The first-order valence-electron chi connectivity index (χ1n) is 7.32. The molecule has 18 heavy (non-hydrogen) atoms. The van der Waals surface area contributed by atoms with Crippen molar-refractivity contribution in [2.75, 3.05) is 13.1 Å². The van der Waals surface area contributed by atoms with Crippen LogP contribution in [0.25, 0.3) is 0 Å². The molecular formula is C15H24N2S. The third-order valence-corrected chi connectivity index (χ3v) is 4.97. The van der Waals surface area contributed by atoms with E-state index >= 15 is 0 Å². The van der Waals surface area contributed by atoms with Gasteiger partial charge in [0, 0.05) is 24.7 Å². The van der Waals surface area contributed by atoms with Crippen LogP contribution in [0, 0.1) is 0 Å². The summed E-state index contributed by atoms with van der Waals surface area (Å²) in [5, 5.41) is 8.28. The fraction of sp³-hybridized carbons (Fsp3) is 0.733. The third-order valence-electron chi connectivity index (χ3n) is 4.24. The van der Waals surface area contributed by atoms with E-state index in [9.17, 15) is 0 Å². The van der Waals surface area contributed by atoms with Gasteiger partial charge < -0.3 is 5.32 Å². The second-order valence-corrected chi connectivity index (χ2v) is 6.74. The lowest BCUT2D eigenvalue weighted by atomic mass is 10.0. The highest BCUT2D eigenvalue weighted by Gasteiger charge is 2.28. The highest BCUT2D eigenvalue weighted by Crippen LogP contribution is 2.23. The number of thiophene rings is 1. The average molecular weight is 264 g/mol. The molecule has 1 saturated heterocycles. The summed E-state index contributed by atoms with van der Waals surface area (Å²) in [6.07, 6.45) is 6.75. The first-order valence-corrected chi connectivity index (χ1v) is 8.27. The fourth-order valence-corrected chi connectivity index (χ4v) is 3.69. The van der Waals surface area contributed by atoms with Gasteiger partial charge in [0.1, 0.15) is 0 Å². The second-order valence-electron chi connectivity index (χ2n) is 5.96. The summed E-state index contributed by atoms with van der Waals surface area (Å²) in [6.45, 7) is 4.92. The van der Waals surface area contributed by atoms with Gasteiger partial charge in [-0.15, -0.1) is 0 Å². The Balaban J connectivity index is 1.50. The summed E-state index contributed by atoms with van der Waals surface area (Å²) in [5.74, 6) is 0. The van der Waals surface area contributed by atoms with E-state index in [2.05, 4.69) is 34.0 Å². The molecule has 2 unspecified atom stereocenters. The van der Waals surface area contributed by atoms with Crippen molar-refractivity contribution < 1.29 is 0 Å². The molecule has 2 aliphatic rings. The SMILES string of the molecule is CC(Cc1ccsc1)N1CCCC(NC2CC2)C1. The standard InChI is InChI=1S/C15H24N2S/c1-12(9-13-6-8-18-11-13)17-7-2-3-15(10-17)16-14-4-5-14/h6,8,11-12,14-16H,2-5,7,9-10H2,1H3. The van der Waals surface area contributed by atoms with Crippen LogP contribution >= 0.6 is 11.3 Å². The van der Waals surface area contributed by atoms with Crippen LogP contribution in [-0.4, -0.2) is 36.1 Å². The number of nitrogens with zero attached hydrogens (tertiary/aromatic N) is 1. The van der Waals surface area contributed by atoms with Crippen LogP contribution in [0.3, 0.4) is 0 Å². The molecule has 100 valence electrons. The smallest absolute Gasteiger partial charge is 0.0198 e. The highest BCUT2D eigenvalue weighted by molar-refractivity contribution is 7.07. The second kappa shape index (κ2) is 5.72. The molecule has 1 N–H and O–H groups in total. The lowest BCUT2D eigenvalue weighted by Crippen LogP contribution is -2.49. The molecular weight excluding hydrogens is 240 g/mol. The Kier molecular flexibility index (Phi) is 4.02. The maximum Gasteiger partial charge on any atom is 0.0198 e. The van der Waals surface area contributed by atoms with E-state index in [-0.39, 0.29) is 0 Å². The number of likely N-dealkylation sites (tertiary alicyclic amines) is 1. The van der Waals surface area contributed by atoms with E-state index in [1.165, 1.54) is 50.8 Å². The first kappa shape index (κ1) is 12.6. The maximum absolute atomic E-state index is 3.80. The lowest BCUT2D eigenvalue weighted by Gasteiger charge is -2.37. The maximum atomic E-state index is 3.80. The normalized spacial score (nSPS) is 27.3. The Labute approximate surface area is 114 Å². The van der Waals surface area contributed by atoms with Gasteiger partial charge in [0.15, 0.2) is 0 Å². The monoisotopic (exact) mass is 264 g/mol. The van der Waals surface area contributed by atoms with Gasteiger partial charge in [0.25, 0.3) is 0 Å². The zero-order valence-electron chi connectivity index (χ0n) is 11.3. The van der Waals surface area contributed by atoms with Gasteiger partial charge in [-0.05, 0) is 68.0 Å². The van der Waals surface area contributed by atoms with Gasteiger partial charge in [-0.25, -0.2) is 0 Å². The molecule has 0 spiro atoms. The van der Waals surface area contributed by atoms with Crippen molar-refractivity contribution in [1.82, 2.24) is 10.2 Å². The lowest BCUT2D eigenvalue weighted by molar-refractivity contribution is 0.144. The summed E-state index contributed by atoms with van der Waals surface area (Å²) in [4.78, 5) is 2.68. The van der Waals surface area contributed by atoms with Crippen LogP contribution in [0.15, 0.2) is 16.8 Å². The summed E-state index contributed by atoms with van der Waals surface area (Å²) < 4.78 is 0. The van der Waals surface area contributed by atoms with E-state index in [1.807, 2.05) is 11.3 Å². The van der Waals surface area contributed by atoms with E-state index in [0.717, 1.165) is 12.1 Å². The third kappa shape index (κ3) is 3.34. The minimum atomic E-state index is 0.684. The molecule has 0 aromatic carbocycles. The summed E-state index contributed by atoms with van der Waals surface area (Å²) in [7, 11) is 0. The van der Waals surface area contributed by atoms with Gasteiger partial charge in [-0.3, -0.25) is 4.90 Å². The highest BCUT2D eigenvalue weighted by atomic mass is 32.1. The minimum Gasteiger partial charge on any atom is -0.310 e.